The van der Waals surface area contributed by atoms with Crippen molar-refractivity contribution in [2.24, 2.45) is 0 Å². The van der Waals surface area contributed by atoms with E-state index >= 15 is 0 Å². The van der Waals surface area contributed by atoms with E-state index in [1.54, 1.807) is 13.8 Å². The van der Waals surface area contributed by atoms with E-state index in [4.69, 9.17) is 13.9 Å². The van der Waals surface area contributed by atoms with Gasteiger partial charge in [0.25, 0.3) is 0 Å². The van der Waals surface area contributed by atoms with E-state index in [1.165, 1.54) is 6.92 Å². The highest BCUT2D eigenvalue weighted by Crippen LogP contribution is 2.29. The fourth-order valence-electron chi connectivity index (χ4n) is 2.01. The molecule has 0 aromatic carbocycles. The molecular weight excluding hydrogens is 302 g/mol. The zero-order valence-electron chi connectivity index (χ0n) is 14.0. The first-order chi connectivity index (χ1) is 11.0. The van der Waals surface area contributed by atoms with Crippen LogP contribution in [-0.4, -0.2) is 31.1 Å². The van der Waals surface area contributed by atoms with Crippen molar-refractivity contribution < 1.29 is 28.3 Å². The number of furan rings is 1. The molecule has 1 aromatic rings. The summed E-state index contributed by atoms with van der Waals surface area (Å²) in [7, 11) is 0. The van der Waals surface area contributed by atoms with Gasteiger partial charge in [-0.3, -0.25) is 10.1 Å². The third kappa shape index (κ3) is 4.84. The van der Waals surface area contributed by atoms with Crippen LogP contribution < -0.4 is 5.32 Å². The number of aryl methyl sites for hydroxylation is 1. The minimum Gasteiger partial charge on any atom is -0.462 e. The maximum atomic E-state index is 12.2. The van der Waals surface area contributed by atoms with Gasteiger partial charge in [-0.25, -0.2) is 9.59 Å². The number of amides is 1. The number of nitrogens with one attached hydrogen (secondary N) is 1. The summed E-state index contributed by atoms with van der Waals surface area (Å²) in [6.45, 7) is 7.08. The van der Waals surface area contributed by atoms with Crippen LogP contribution in [0.15, 0.2) is 4.42 Å². The second-order valence-corrected chi connectivity index (χ2v) is 4.83. The van der Waals surface area contributed by atoms with Crippen molar-refractivity contribution in [1.82, 2.24) is 0 Å². The quantitative estimate of drug-likeness (QED) is 0.738. The number of anilines is 1. The molecule has 1 heterocycles. The Kier molecular flexibility index (Phi) is 7.31. The minimum atomic E-state index is -0.738. The summed E-state index contributed by atoms with van der Waals surface area (Å²) >= 11 is 0. The van der Waals surface area contributed by atoms with Gasteiger partial charge in [0.1, 0.15) is 16.9 Å². The Morgan fingerprint density at radius 2 is 1.57 bits per heavy atom. The highest BCUT2D eigenvalue weighted by atomic mass is 16.5. The molecule has 1 aromatic heterocycles. The maximum absolute atomic E-state index is 12.2. The maximum Gasteiger partial charge on any atom is 0.344 e. The number of hydrogen-bond donors (Lipinski definition) is 1. The van der Waals surface area contributed by atoms with Crippen molar-refractivity contribution >= 4 is 23.7 Å². The fourth-order valence-corrected chi connectivity index (χ4v) is 2.01. The lowest BCUT2D eigenvalue weighted by atomic mass is 10.1. The molecule has 0 fully saturated rings. The van der Waals surface area contributed by atoms with E-state index in [0.717, 1.165) is 6.42 Å². The molecule has 0 aliphatic heterocycles. The molecule has 7 heteroatoms. The second-order valence-electron chi connectivity index (χ2n) is 4.83. The molecule has 0 aliphatic carbocycles. The summed E-state index contributed by atoms with van der Waals surface area (Å²) in [5, 5.41) is 2.53. The van der Waals surface area contributed by atoms with Gasteiger partial charge in [0.15, 0.2) is 0 Å². The number of hydrogen-bond acceptors (Lipinski definition) is 6. The summed E-state index contributed by atoms with van der Waals surface area (Å²) in [4.78, 5) is 36.1. The van der Waals surface area contributed by atoms with Crippen molar-refractivity contribution in [3.63, 3.8) is 0 Å². The standard InChI is InChI=1S/C16H23NO6/c1-5-8-9-11(18)17-14-13(16(20)22-7-3)12(10(4)23-14)15(19)21-6-2/h5-9H2,1-4H3,(H,17,18). The fraction of sp³-hybridized carbons (Fsp3) is 0.562. The smallest absolute Gasteiger partial charge is 0.344 e. The van der Waals surface area contributed by atoms with Gasteiger partial charge in [-0.2, -0.15) is 0 Å². The number of carbonyl (C=O) groups is 3. The van der Waals surface area contributed by atoms with Crippen LogP contribution in [0.3, 0.4) is 0 Å². The Morgan fingerprint density at radius 3 is 2.09 bits per heavy atom. The van der Waals surface area contributed by atoms with E-state index in [1.807, 2.05) is 6.92 Å². The largest absolute Gasteiger partial charge is 0.462 e. The molecule has 0 aliphatic rings. The second kappa shape index (κ2) is 8.97. The molecule has 1 N–H and O–H groups in total. The van der Waals surface area contributed by atoms with Crippen molar-refractivity contribution in [1.29, 1.82) is 0 Å². The molecule has 0 radical (unpaired) electrons. The van der Waals surface area contributed by atoms with Gasteiger partial charge >= 0.3 is 11.9 Å². The molecule has 0 spiro atoms. The molecule has 0 atom stereocenters. The summed E-state index contributed by atoms with van der Waals surface area (Å²) < 4.78 is 15.3. The van der Waals surface area contributed by atoms with Gasteiger partial charge in [-0.1, -0.05) is 13.3 Å². The monoisotopic (exact) mass is 325 g/mol. The summed E-state index contributed by atoms with van der Waals surface area (Å²) in [6, 6.07) is 0. The van der Waals surface area contributed by atoms with Gasteiger partial charge in [0, 0.05) is 6.42 Å². The van der Waals surface area contributed by atoms with Gasteiger partial charge in [-0.15, -0.1) is 0 Å². The van der Waals surface area contributed by atoms with E-state index in [-0.39, 0.29) is 41.9 Å². The predicted octanol–water partition coefficient (Wildman–Crippen LogP) is 3.07. The van der Waals surface area contributed by atoms with Crippen LogP contribution in [0.5, 0.6) is 0 Å². The predicted molar refractivity (Wildman–Crippen MR) is 83.5 cm³/mol. The average Bonchev–Trinajstić information content (AvgIpc) is 2.81. The van der Waals surface area contributed by atoms with E-state index in [0.29, 0.717) is 12.8 Å². The lowest BCUT2D eigenvalue weighted by Gasteiger charge is -2.06. The third-order valence-electron chi connectivity index (χ3n) is 3.05. The molecule has 1 amide bonds. The number of carbonyl (C=O) groups excluding carboxylic acids is 3. The molecule has 0 bridgehead atoms. The highest BCUT2D eigenvalue weighted by Gasteiger charge is 2.31. The first-order valence-corrected chi connectivity index (χ1v) is 7.73. The molecular formula is C16H23NO6. The van der Waals surface area contributed by atoms with Crippen LogP contribution in [0.4, 0.5) is 5.88 Å². The van der Waals surface area contributed by atoms with Gasteiger partial charge < -0.3 is 13.9 Å². The molecule has 1 rings (SSSR count). The van der Waals surface area contributed by atoms with Crippen LogP contribution in [0.2, 0.25) is 0 Å². The molecule has 0 saturated carbocycles. The third-order valence-corrected chi connectivity index (χ3v) is 3.05. The lowest BCUT2D eigenvalue weighted by molar-refractivity contribution is -0.116. The Morgan fingerprint density at radius 1 is 1.00 bits per heavy atom. The van der Waals surface area contributed by atoms with Crippen LogP contribution in [-0.2, 0) is 14.3 Å². The highest BCUT2D eigenvalue weighted by molar-refractivity contribution is 6.09. The summed E-state index contributed by atoms with van der Waals surface area (Å²) in [6.07, 6.45) is 1.88. The topological polar surface area (TPSA) is 94.8 Å². The van der Waals surface area contributed by atoms with E-state index in [9.17, 15) is 14.4 Å². The average molecular weight is 325 g/mol. The first-order valence-electron chi connectivity index (χ1n) is 7.73. The van der Waals surface area contributed by atoms with Crippen LogP contribution >= 0.6 is 0 Å². The summed E-state index contributed by atoms with van der Waals surface area (Å²) in [5.41, 5.74) is -0.122. The molecule has 23 heavy (non-hydrogen) atoms. The van der Waals surface area contributed by atoms with Gasteiger partial charge in [-0.05, 0) is 27.2 Å². The minimum absolute atomic E-state index is 0.0175. The number of unbranched alkanes of at least 4 members (excludes halogenated alkanes) is 1. The van der Waals surface area contributed by atoms with Crippen molar-refractivity contribution in [3.05, 3.63) is 16.9 Å². The van der Waals surface area contributed by atoms with Gasteiger partial charge in [0.2, 0.25) is 11.8 Å². The zero-order valence-corrected chi connectivity index (χ0v) is 14.0. The summed E-state index contributed by atoms with van der Waals surface area (Å²) in [5.74, 6) is -1.60. The SMILES string of the molecule is CCCCC(=O)Nc1oc(C)c(C(=O)OCC)c1C(=O)OCC. The number of esters is 2. The normalized spacial score (nSPS) is 10.3. The Balaban J connectivity index is 3.18. The Labute approximate surface area is 135 Å². The first kappa shape index (κ1) is 18.7. The number of rotatable bonds is 8. The molecule has 7 nitrogen and oxygen atoms in total. The van der Waals surface area contributed by atoms with Crippen molar-refractivity contribution in [2.45, 2.75) is 47.0 Å². The van der Waals surface area contributed by atoms with Crippen LogP contribution in [0, 0.1) is 6.92 Å². The van der Waals surface area contributed by atoms with E-state index in [2.05, 4.69) is 5.32 Å². The van der Waals surface area contributed by atoms with Crippen LogP contribution in [0.25, 0.3) is 0 Å². The molecule has 128 valence electrons. The molecule has 0 unspecified atom stereocenters. The van der Waals surface area contributed by atoms with E-state index < -0.39 is 11.9 Å². The zero-order chi connectivity index (χ0) is 17.4. The van der Waals surface area contributed by atoms with Crippen molar-refractivity contribution in [2.75, 3.05) is 18.5 Å². The Bertz CT molecular complexity index is 575. The van der Waals surface area contributed by atoms with Crippen molar-refractivity contribution in [3.8, 4) is 0 Å². The molecule has 0 saturated heterocycles. The lowest BCUT2D eigenvalue weighted by Crippen LogP contribution is -2.17. The number of ether oxygens (including phenoxy) is 2. The van der Waals surface area contributed by atoms with Crippen LogP contribution in [0.1, 0.15) is 66.5 Å². The Hall–Kier alpha value is -2.31. The van der Waals surface area contributed by atoms with Gasteiger partial charge in [0.05, 0.1) is 13.2 Å².